The lowest BCUT2D eigenvalue weighted by molar-refractivity contribution is 0.269. The minimum Gasteiger partial charge on any atom is -0.399 e. The van der Waals surface area contributed by atoms with Crippen molar-refractivity contribution in [2.24, 2.45) is 0 Å². The number of rotatable bonds is 3. The van der Waals surface area contributed by atoms with E-state index in [1.165, 1.54) is 4.68 Å². The van der Waals surface area contributed by atoms with Crippen molar-refractivity contribution >= 4 is 5.69 Å². The smallest absolute Gasteiger partial charge is 0.182 e. The molecule has 0 bridgehead atoms. The van der Waals surface area contributed by atoms with Crippen LogP contribution in [0.3, 0.4) is 0 Å². The van der Waals surface area contributed by atoms with Gasteiger partial charge < -0.3 is 10.8 Å². The number of hydrogen-bond donors (Lipinski definition) is 2. The fourth-order valence-corrected chi connectivity index (χ4v) is 1.33. The predicted octanol–water partition coefficient (Wildman–Crippen LogP) is -0.0854. The Hall–Kier alpha value is -1.95. The first-order valence-electron chi connectivity index (χ1n) is 4.54. The summed E-state index contributed by atoms with van der Waals surface area (Å²) in [6.45, 7) is 0.373. The van der Waals surface area contributed by atoms with Crippen molar-refractivity contribution < 1.29 is 5.11 Å². The number of aliphatic hydroxyl groups excluding tert-OH is 1. The SMILES string of the molecule is Nc1cccc(-c2nnnn2CCO)c1. The van der Waals surface area contributed by atoms with E-state index in [0.29, 0.717) is 18.1 Å². The molecule has 6 nitrogen and oxygen atoms in total. The fraction of sp³-hybridized carbons (Fsp3) is 0.222. The predicted molar refractivity (Wildman–Crippen MR) is 54.8 cm³/mol. The monoisotopic (exact) mass is 205 g/mol. The van der Waals surface area contributed by atoms with Gasteiger partial charge in [-0.3, -0.25) is 0 Å². The van der Waals surface area contributed by atoms with Crippen LogP contribution in [0.1, 0.15) is 0 Å². The van der Waals surface area contributed by atoms with Gasteiger partial charge in [-0.05, 0) is 22.6 Å². The highest BCUT2D eigenvalue weighted by atomic mass is 16.3. The third-order valence-corrected chi connectivity index (χ3v) is 1.99. The number of nitrogen functional groups attached to an aromatic ring is 1. The topological polar surface area (TPSA) is 89.9 Å². The number of hydrogen-bond acceptors (Lipinski definition) is 5. The molecule has 0 aliphatic rings. The molecule has 0 aliphatic heterocycles. The summed E-state index contributed by atoms with van der Waals surface area (Å²) in [6.07, 6.45) is 0. The van der Waals surface area contributed by atoms with Crippen molar-refractivity contribution in [3.8, 4) is 11.4 Å². The standard InChI is InChI=1S/C9H11N5O/c10-8-3-1-2-7(6-8)9-11-12-13-14(9)4-5-15/h1-3,6,15H,4-5,10H2. The number of aromatic nitrogens is 4. The van der Waals surface area contributed by atoms with Crippen LogP contribution in [-0.4, -0.2) is 31.9 Å². The molecule has 1 heterocycles. The first kappa shape index (κ1) is 9.60. The lowest BCUT2D eigenvalue weighted by Gasteiger charge is -2.02. The normalized spacial score (nSPS) is 10.5. The molecule has 0 unspecified atom stereocenters. The van der Waals surface area contributed by atoms with E-state index in [0.717, 1.165) is 5.56 Å². The number of nitrogens with zero attached hydrogens (tertiary/aromatic N) is 4. The molecule has 0 amide bonds. The van der Waals surface area contributed by atoms with Gasteiger partial charge in [-0.2, -0.15) is 0 Å². The number of tetrazole rings is 1. The maximum Gasteiger partial charge on any atom is 0.182 e. The number of anilines is 1. The van der Waals surface area contributed by atoms with Gasteiger partial charge in [-0.25, -0.2) is 4.68 Å². The van der Waals surface area contributed by atoms with Crippen LogP contribution in [0.4, 0.5) is 5.69 Å². The summed E-state index contributed by atoms with van der Waals surface area (Å²) < 4.78 is 1.54. The minimum absolute atomic E-state index is 0.000353. The number of benzene rings is 1. The lowest BCUT2D eigenvalue weighted by Crippen LogP contribution is -2.06. The van der Waals surface area contributed by atoms with Crippen LogP contribution >= 0.6 is 0 Å². The largest absolute Gasteiger partial charge is 0.399 e. The molecule has 0 saturated heterocycles. The van der Waals surface area contributed by atoms with Crippen molar-refractivity contribution in [3.63, 3.8) is 0 Å². The molecular formula is C9H11N5O. The summed E-state index contributed by atoms with van der Waals surface area (Å²) in [6, 6.07) is 7.29. The Balaban J connectivity index is 2.40. The number of aliphatic hydroxyl groups is 1. The van der Waals surface area contributed by atoms with E-state index in [1.807, 2.05) is 12.1 Å². The molecule has 6 heteroatoms. The second-order valence-corrected chi connectivity index (χ2v) is 3.07. The second kappa shape index (κ2) is 4.05. The quantitative estimate of drug-likeness (QED) is 0.684. The van der Waals surface area contributed by atoms with Gasteiger partial charge in [0.2, 0.25) is 0 Å². The third kappa shape index (κ3) is 1.94. The van der Waals surface area contributed by atoms with E-state index in [4.69, 9.17) is 10.8 Å². The zero-order valence-electron chi connectivity index (χ0n) is 8.04. The molecule has 1 aromatic carbocycles. The molecule has 0 radical (unpaired) electrons. The van der Waals surface area contributed by atoms with Crippen molar-refractivity contribution in [2.45, 2.75) is 6.54 Å². The summed E-state index contributed by atoms with van der Waals surface area (Å²) in [5.74, 6) is 0.608. The number of nitrogens with two attached hydrogens (primary N) is 1. The molecule has 0 fully saturated rings. The van der Waals surface area contributed by atoms with Gasteiger partial charge in [-0.15, -0.1) is 5.10 Å². The lowest BCUT2D eigenvalue weighted by atomic mass is 10.2. The molecule has 0 spiro atoms. The average molecular weight is 205 g/mol. The van der Waals surface area contributed by atoms with Gasteiger partial charge in [0, 0.05) is 11.3 Å². The van der Waals surface area contributed by atoms with Gasteiger partial charge in [0.05, 0.1) is 13.2 Å². The Kier molecular flexibility index (Phi) is 2.59. The van der Waals surface area contributed by atoms with E-state index >= 15 is 0 Å². The molecule has 2 rings (SSSR count). The van der Waals surface area contributed by atoms with Crippen LogP contribution < -0.4 is 5.73 Å². The molecular weight excluding hydrogens is 194 g/mol. The first-order valence-corrected chi connectivity index (χ1v) is 4.54. The highest BCUT2D eigenvalue weighted by Crippen LogP contribution is 2.17. The Bertz CT molecular complexity index is 453. The Morgan fingerprint density at radius 1 is 1.40 bits per heavy atom. The van der Waals surface area contributed by atoms with Crippen molar-refractivity contribution in [2.75, 3.05) is 12.3 Å². The van der Waals surface area contributed by atoms with E-state index in [2.05, 4.69) is 15.5 Å². The van der Waals surface area contributed by atoms with Gasteiger partial charge in [0.1, 0.15) is 0 Å². The van der Waals surface area contributed by atoms with Crippen LogP contribution in [0.15, 0.2) is 24.3 Å². The maximum absolute atomic E-state index is 8.82. The van der Waals surface area contributed by atoms with Crippen molar-refractivity contribution in [1.82, 2.24) is 20.2 Å². The molecule has 0 saturated carbocycles. The summed E-state index contributed by atoms with van der Waals surface area (Å²) in [5, 5.41) is 20.0. The molecule has 0 aliphatic carbocycles. The molecule has 78 valence electrons. The third-order valence-electron chi connectivity index (χ3n) is 1.99. The summed E-state index contributed by atoms with van der Waals surface area (Å²) >= 11 is 0. The molecule has 0 atom stereocenters. The minimum atomic E-state index is 0.000353. The summed E-state index contributed by atoms with van der Waals surface area (Å²) in [7, 11) is 0. The Labute approximate surface area is 86.3 Å². The summed E-state index contributed by atoms with van der Waals surface area (Å²) in [5.41, 5.74) is 7.16. The molecule has 15 heavy (non-hydrogen) atoms. The highest BCUT2D eigenvalue weighted by molar-refractivity contribution is 5.60. The first-order chi connectivity index (χ1) is 7.31. The van der Waals surface area contributed by atoms with Gasteiger partial charge in [0.25, 0.3) is 0 Å². The van der Waals surface area contributed by atoms with Gasteiger partial charge >= 0.3 is 0 Å². The van der Waals surface area contributed by atoms with Crippen molar-refractivity contribution in [1.29, 1.82) is 0 Å². The van der Waals surface area contributed by atoms with Crippen LogP contribution in [0.25, 0.3) is 11.4 Å². The fourth-order valence-electron chi connectivity index (χ4n) is 1.33. The zero-order chi connectivity index (χ0) is 10.7. The zero-order valence-corrected chi connectivity index (χ0v) is 8.04. The van der Waals surface area contributed by atoms with E-state index in [-0.39, 0.29) is 6.61 Å². The van der Waals surface area contributed by atoms with Crippen molar-refractivity contribution in [3.05, 3.63) is 24.3 Å². The Morgan fingerprint density at radius 3 is 3.00 bits per heavy atom. The van der Waals surface area contributed by atoms with Crippen LogP contribution in [0.5, 0.6) is 0 Å². The van der Waals surface area contributed by atoms with Crippen LogP contribution in [0, 0.1) is 0 Å². The molecule has 2 aromatic rings. The second-order valence-electron chi connectivity index (χ2n) is 3.07. The maximum atomic E-state index is 8.82. The molecule has 1 aromatic heterocycles. The average Bonchev–Trinajstić information content (AvgIpc) is 2.66. The summed E-state index contributed by atoms with van der Waals surface area (Å²) in [4.78, 5) is 0. The van der Waals surface area contributed by atoms with Gasteiger partial charge in [0.15, 0.2) is 5.82 Å². The van der Waals surface area contributed by atoms with Crippen LogP contribution in [0.2, 0.25) is 0 Å². The van der Waals surface area contributed by atoms with E-state index in [9.17, 15) is 0 Å². The van der Waals surface area contributed by atoms with Gasteiger partial charge in [-0.1, -0.05) is 12.1 Å². The molecule has 3 N–H and O–H groups in total. The Morgan fingerprint density at radius 2 is 2.27 bits per heavy atom. The van der Waals surface area contributed by atoms with Crippen LogP contribution in [-0.2, 0) is 6.54 Å². The van der Waals surface area contributed by atoms with E-state index < -0.39 is 0 Å². The van der Waals surface area contributed by atoms with E-state index in [1.54, 1.807) is 12.1 Å². The highest BCUT2D eigenvalue weighted by Gasteiger charge is 2.07.